The zero-order valence-corrected chi connectivity index (χ0v) is 14.6. The van der Waals surface area contributed by atoms with E-state index in [-0.39, 0.29) is 5.91 Å². The molecule has 2 aromatic carbocycles. The Kier molecular flexibility index (Phi) is 4.86. The van der Waals surface area contributed by atoms with Crippen LogP contribution in [0.3, 0.4) is 0 Å². The molecule has 0 aliphatic carbocycles. The fraction of sp³-hybridized carbons (Fsp3) is 0.263. The lowest BCUT2D eigenvalue weighted by molar-refractivity contribution is -0.120. The molecule has 1 N–H and O–H groups in total. The minimum absolute atomic E-state index is 0.0204. The van der Waals surface area contributed by atoms with E-state index in [1.165, 1.54) is 5.56 Å². The van der Waals surface area contributed by atoms with Crippen LogP contribution in [0.5, 0.6) is 0 Å². The zero-order chi connectivity index (χ0) is 17.1. The molecule has 3 rings (SSSR count). The number of aryl methyl sites for hydroxylation is 2. The summed E-state index contributed by atoms with van der Waals surface area (Å²) in [5, 5.41) is 3.64. The van der Waals surface area contributed by atoms with E-state index in [0.29, 0.717) is 18.0 Å². The van der Waals surface area contributed by atoms with Crippen LogP contribution in [0.2, 0.25) is 5.02 Å². The van der Waals surface area contributed by atoms with Gasteiger partial charge in [0.1, 0.15) is 5.82 Å². The molecule has 0 bridgehead atoms. The number of hydrogen-bond acceptors (Lipinski definition) is 2. The third-order valence-corrected chi connectivity index (χ3v) is 4.43. The second-order valence-electron chi connectivity index (χ2n) is 5.94. The summed E-state index contributed by atoms with van der Waals surface area (Å²) in [6.07, 6.45) is 1.16. The van der Waals surface area contributed by atoms with Crippen LogP contribution in [0.25, 0.3) is 11.0 Å². The molecule has 0 spiro atoms. The second-order valence-corrected chi connectivity index (χ2v) is 6.38. The molecule has 0 saturated heterocycles. The van der Waals surface area contributed by atoms with Gasteiger partial charge < -0.3 is 9.88 Å². The van der Waals surface area contributed by atoms with Crippen molar-refractivity contribution in [3.8, 4) is 0 Å². The molecule has 1 amide bonds. The van der Waals surface area contributed by atoms with E-state index in [2.05, 4.69) is 33.1 Å². The molecule has 0 saturated carbocycles. The number of halogens is 1. The molecule has 124 valence electrons. The molecule has 5 heteroatoms. The SMILES string of the molecule is Cc1nc2cc(CCNC(=O)Cc3ccc(Cl)cc3)ccc2n1C. The molecule has 4 nitrogen and oxygen atoms in total. The molecule has 0 atom stereocenters. The second kappa shape index (κ2) is 7.05. The van der Waals surface area contributed by atoms with E-state index in [1.807, 2.05) is 26.1 Å². The Morgan fingerprint density at radius 3 is 2.62 bits per heavy atom. The van der Waals surface area contributed by atoms with Crippen molar-refractivity contribution in [3.63, 3.8) is 0 Å². The molecule has 3 aromatic rings. The highest BCUT2D eigenvalue weighted by Gasteiger charge is 2.06. The van der Waals surface area contributed by atoms with Gasteiger partial charge in [0.25, 0.3) is 0 Å². The third kappa shape index (κ3) is 3.77. The summed E-state index contributed by atoms with van der Waals surface area (Å²) in [5.74, 6) is 1.02. The number of imidazole rings is 1. The van der Waals surface area contributed by atoms with Gasteiger partial charge in [0.2, 0.25) is 5.91 Å². The van der Waals surface area contributed by atoms with E-state index in [1.54, 1.807) is 12.1 Å². The Bertz CT molecular complexity index is 868. The van der Waals surface area contributed by atoms with Crippen molar-refractivity contribution in [3.05, 3.63) is 64.4 Å². The summed E-state index contributed by atoms with van der Waals surface area (Å²) in [6, 6.07) is 13.6. The summed E-state index contributed by atoms with van der Waals surface area (Å²) in [5.41, 5.74) is 4.26. The maximum atomic E-state index is 12.0. The number of nitrogens with zero attached hydrogens (tertiary/aromatic N) is 2. The van der Waals surface area contributed by atoms with E-state index in [4.69, 9.17) is 11.6 Å². The summed E-state index contributed by atoms with van der Waals surface area (Å²) in [6.45, 7) is 2.61. The fourth-order valence-corrected chi connectivity index (χ4v) is 2.84. The Balaban J connectivity index is 1.54. The molecule has 0 aliphatic rings. The van der Waals surface area contributed by atoms with Gasteiger partial charge in [0.05, 0.1) is 17.5 Å². The van der Waals surface area contributed by atoms with E-state index >= 15 is 0 Å². The number of aromatic nitrogens is 2. The first-order chi connectivity index (χ1) is 11.5. The lowest BCUT2D eigenvalue weighted by Crippen LogP contribution is -2.27. The van der Waals surface area contributed by atoms with E-state index < -0.39 is 0 Å². The number of hydrogen-bond donors (Lipinski definition) is 1. The number of nitrogens with one attached hydrogen (secondary N) is 1. The van der Waals surface area contributed by atoms with E-state index in [9.17, 15) is 4.79 Å². The summed E-state index contributed by atoms with van der Waals surface area (Å²) < 4.78 is 2.08. The summed E-state index contributed by atoms with van der Waals surface area (Å²) in [4.78, 5) is 16.5. The van der Waals surface area contributed by atoms with Crippen LogP contribution < -0.4 is 5.32 Å². The normalized spacial score (nSPS) is 11.0. The molecule has 0 unspecified atom stereocenters. The predicted molar refractivity (Wildman–Crippen MR) is 97.3 cm³/mol. The van der Waals surface area contributed by atoms with Gasteiger partial charge >= 0.3 is 0 Å². The molecule has 0 aliphatic heterocycles. The van der Waals surface area contributed by atoms with Crippen LogP contribution in [0.4, 0.5) is 0 Å². The van der Waals surface area contributed by atoms with Gasteiger partial charge in [0.15, 0.2) is 0 Å². The van der Waals surface area contributed by atoms with Gasteiger partial charge in [-0.1, -0.05) is 29.8 Å². The fourth-order valence-electron chi connectivity index (χ4n) is 2.72. The Hall–Kier alpha value is -2.33. The van der Waals surface area contributed by atoms with Gasteiger partial charge in [-0.25, -0.2) is 4.98 Å². The number of carbonyl (C=O) groups excluding carboxylic acids is 1. The highest BCUT2D eigenvalue weighted by Crippen LogP contribution is 2.16. The largest absolute Gasteiger partial charge is 0.355 e. The molecule has 0 radical (unpaired) electrons. The number of fused-ring (bicyclic) bond motifs is 1. The zero-order valence-electron chi connectivity index (χ0n) is 13.8. The molecule has 0 fully saturated rings. The number of amides is 1. The Morgan fingerprint density at radius 2 is 1.88 bits per heavy atom. The van der Waals surface area contributed by atoms with Gasteiger partial charge in [0, 0.05) is 18.6 Å². The first-order valence-corrected chi connectivity index (χ1v) is 8.34. The van der Waals surface area contributed by atoms with Crippen LogP contribution in [0.15, 0.2) is 42.5 Å². The average Bonchev–Trinajstić information content (AvgIpc) is 2.84. The van der Waals surface area contributed by atoms with Crippen molar-refractivity contribution in [1.82, 2.24) is 14.9 Å². The lowest BCUT2D eigenvalue weighted by atomic mass is 10.1. The number of rotatable bonds is 5. The van der Waals surface area contributed by atoms with Gasteiger partial charge in [-0.3, -0.25) is 4.79 Å². The standard InChI is InChI=1S/C19H20ClN3O/c1-13-22-17-11-15(5-8-18(17)23(13)2)9-10-21-19(24)12-14-3-6-16(20)7-4-14/h3-8,11H,9-10,12H2,1-2H3,(H,21,24). The minimum atomic E-state index is 0.0204. The van der Waals surface area contributed by atoms with Gasteiger partial charge in [-0.15, -0.1) is 0 Å². The van der Waals surface area contributed by atoms with Crippen LogP contribution in [0, 0.1) is 6.92 Å². The van der Waals surface area contributed by atoms with Crippen molar-refractivity contribution in [2.24, 2.45) is 7.05 Å². The maximum Gasteiger partial charge on any atom is 0.224 e. The van der Waals surface area contributed by atoms with Crippen LogP contribution in [-0.2, 0) is 24.7 Å². The highest BCUT2D eigenvalue weighted by atomic mass is 35.5. The Morgan fingerprint density at radius 1 is 1.17 bits per heavy atom. The summed E-state index contributed by atoms with van der Waals surface area (Å²) in [7, 11) is 2.02. The molecule has 1 aromatic heterocycles. The summed E-state index contributed by atoms with van der Waals surface area (Å²) >= 11 is 5.85. The quantitative estimate of drug-likeness (QED) is 0.772. The Labute approximate surface area is 146 Å². The van der Waals surface area contributed by atoms with Crippen LogP contribution >= 0.6 is 11.6 Å². The molecule has 24 heavy (non-hydrogen) atoms. The van der Waals surface area contributed by atoms with Crippen LogP contribution in [0.1, 0.15) is 17.0 Å². The van der Waals surface area contributed by atoms with Crippen molar-refractivity contribution in [1.29, 1.82) is 0 Å². The average molecular weight is 342 g/mol. The monoisotopic (exact) mass is 341 g/mol. The minimum Gasteiger partial charge on any atom is -0.355 e. The van der Waals surface area contributed by atoms with Crippen molar-refractivity contribution >= 4 is 28.5 Å². The highest BCUT2D eigenvalue weighted by molar-refractivity contribution is 6.30. The van der Waals surface area contributed by atoms with Gasteiger partial charge in [-0.05, 0) is 48.7 Å². The van der Waals surface area contributed by atoms with Crippen molar-refractivity contribution in [2.75, 3.05) is 6.54 Å². The molecule has 1 heterocycles. The first kappa shape index (κ1) is 16.5. The third-order valence-electron chi connectivity index (χ3n) is 4.18. The van der Waals surface area contributed by atoms with E-state index in [0.717, 1.165) is 28.8 Å². The molecular formula is C19H20ClN3O. The maximum absolute atomic E-state index is 12.0. The smallest absolute Gasteiger partial charge is 0.224 e. The lowest BCUT2D eigenvalue weighted by Gasteiger charge is -2.06. The number of benzene rings is 2. The van der Waals surface area contributed by atoms with Crippen molar-refractivity contribution in [2.45, 2.75) is 19.8 Å². The van der Waals surface area contributed by atoms with Crippen molar-refractivity contribution < 1.29 is 4.79 Å². The first-order valence-electron chi connectivity index (χ1n) is 7.96. The van der Waals surface area contributed by atoms with Gasteiger partial charge in [-0.2, -0.15) is 0 Å². The van der Waals surface area contributed by atoms with Crippen LogP contribution in [-0.4, -0.2) is 22.0 Å². The predicted octanol–water partition coefficient (Wildman–Crippen LogP) is 3.44. The topological polar surface area (TPSA) is 46.9 Å². The molecular weight excluding hydrogens is 322 g/mol. The number of carbonyl (C=O) groups is 1.